The van der Waals surface area contributed by atoms with E-state index < -0.39 is 5.91 Å². The number of anilines is 2. The van der Waals surface area contributed by atoms with Crippen LogP contribution in [0.15, 0.2) is 24.5 Å². The van der Waals surface area contributed by atoms with Crippen molar-refractivity contribution in [3.63, 3.8) is 0 Å². The molecule has 0 saturated heterocycles. The van der Waals surface area contributed by atoms with Gasteiger partial charge in [-0.15, -0.1) is 5.10 Å². The Bertz CT molecular complexity index is 1090. The molecule has 5 N–H and O–H groups in total. The summed E-state index contributed by atoms with van der Waals surface area (Å²) in [6.45, 7) is 0. The second-order valence-electron chi connectivity index (χ2n) is 7.43. The van der Waals surface area contributed by atoms with Crippen molar-refractivity contribution in [1.29, 1.82) is 0 Å². The van der Waals surface area contributed by atoms with Gasteiger partial charge in [0.1, 0.15) is 5.69 Å². The Morgan fingerprint density at radius 3 is 2.73 bits per heavy atom. The summed E-state index contributed by atoms with van der Waals surface area (Å²) in [5.41, 5.74) is 7.65. The van der Waals surface area contributed by atoms with Gasteiger partial charge in [0.15, 0.2) is 5.69 Å². The molecule has 1 aliphatic rings. The lowest BCUT2D eigenvalue weighted by molar-refractivity contribution is 0.0958. The van der Waals surface area contributed by atoms with Crippen LogP contribution in [0.2, 0.25) is 0 Å². The van der Waals surface area contributed by atoms with E-state index in [1.807, 2.05) is 0 Å². The van der Waals surface area contributed by atoms with Crippen LogP contribution in [-0.2, 0) is 7.05 Å². The zero-order valence-electron chi connectivity index (χ0n) is 16.9. The van der Waals surface area contributed by atoms with Crippen LogP contribution in [0.1, 0.15) is 46.7 Å². The summed E-state index contributed by atoms with van der Waals surface area (Å²) < 4.78 is 2.99. The minimum Gasteiger partial charge on any atom is -0.354 e. The second kappa shape index (κ2) is 8.11. The molecule has 4 rings (SSSR count). The molecule has 0 aromatic carbocycles. The van der Waals surface area contributed by atoms with Gasteiger partial charge in [-0.3, -0.25) is 14.3 Å². The van der Waals surface area contributed by atoms with E-state index in [1.54, 1.807) is 31.6 Å². The van der Waals surface area contributed by atoms with Crippen molar-refractivity contribution < 1.29 is 9.59 Å². The summed E-state index contributed by atoms with van der Waals surface area (Å²) in [7, 11) is 3.18. The normalized spacial score (nSPS) is 18.9. The lowest BCUT2D eigenvalue weighted by Crippen LogP contribution is -2.43. The number of fused-ring (bicyclic) bond motifs is 1. The van der Waals surface area contributed by atoms with Gasteiger partial charge in [0.25, 0.3) is 11.8 Å². The molecule has 158 valence electrons. The quantitative estimate of drug-likeness (QED) is 0.485. The second-order valence-corrected chi connectivity index (χ2v) is 7.43. The van der Waals surface area contributed by atoms with E-state index in [0.29, 0.717) is 22.8 Å². The molecule has 0 bridgehead atoms. The minimum absolute atomic E-state index is 0.0548. The maximum absolute atomic E-state index is 12.9. The van der Waals surface area contributed by atoms with E-state index in [2.05, 4.69) is 31.1 Å². The third kappa shape index (κ3) is 3.83. The summed E-state index contributed by atoms with van der Waals surface area (Å²) in [5.74, 6) is -0.377. The fraction of sp³-hybridized carbons (Fsp3) is 0.421. The van der Waals surface area contributed by atoms with Crippen LogP contribution in [-0.4, -0.2) is 55.3 Å². The zero-order chi connectivity index (χ0) is 21.3. The maximum Gasteiger partial charge on any atom is 0.274 e. The Hall–Kier alpha value is -3.47. The molecule has 2 atom stereocenters. The van der Waals surface area contributed by atoms with E-state index in [-0.39, 0.29) is 23.7 Å². The van der Waals surface area contributed by atoms with Crippen LogP contribution in [0.4, 0.5) is 11.6 Å². The van der Waals surface area contributed by atoms with Crippen LogP contribution in [0.5, 0.6) is 0 Å². The van der Waals surface area contributed by atoms with Gasteiger partial charge in [0, 0.05) is 32.4 Å². The number of rotatable bonds is 5. The van der Waals surface area contributed by atoms with Crippen LogP contribution in [0, 0.1) is 0 Å². The first-order valence-electron chi connectivity index (χ1n) is 9.90. The highest BCUT2D eigenvalue weighted by molar-refractivity contribution is 6.07. The van der Waals surface area contributed by atoms with Crippen molar-refractivity contribution in [3.05, 3.63) is 35.9 Å². The predicted molar refractivity (Wildman–Crippen MR) is 111 cm³/mol. The number of aromatic nitrogens is 5. The lowest BCUT2D eigenvalue weighted by Gasteiger charge is -2.29. The molecule has 2 amide bonds. The van der Waals surface area contributed by atoms with Crippen molar-refractivity contribution in [2.24, 2.45) is 12.8 Å². The average Bonchev–Trinajstić information content (AvgIpc) is 3.32. The predicted octanol–water partition coefficient (Wildman–Crippen LogP) is 0.756. The third-order valence-electron chi connectivity index (χ3n) is 5.28. The van der Waals surface area contributed by atoms with Gasteiger partial charge in [-0.05, 0) is 25.0 Å². The Balaban J connectivity index is 1.58. The number of aryl methyl sites for hydroxylation is 1. The molecular weight excluding hydrogens is 386 g/mol. The van der Waals surface area contributed by atoms with Gasteiger partial charge in [-0.1, -0.05) is 12.8 Å². The highest BCUT2D eigenvalue weighted by atomic mass is 16.2. The van der Waals surface area contributed by atoms with Crippen LogP contribution in [0.25, 0.3) is 5.52 Å². The Morgan fingerprint density at radius 2 is 1.97 bits per heavy atom. The highest BCUT2D eigenvalue weighted by Gasteiger charge is 2.23. The third-order valence-corrected chi connectivity index (χ3v) is 5.28. The van der Waals surface area contributed by atoms with E-state index in [9.17, 15) is 9.59 Å². The molecule has 1 saturated carbocycles. The first-order chi connectivity index (χ1) is 14.5. The number of nitrogens with zero attached hydrogens (tertiary/aromatic N) is 5. The molecule has 0 aliphatic heterocycles. The first kappa shape index (κ1) is 19.8. The average molecular weight is 411 g/mol. The molecule has 3 aromatic heterocycles. The Kier molecular flexibility index (Phi) is 5.36. The topological polar surface area (TPSA) is 144 Å². The van der Waals surface area contributed by atoms with Crippen molar-refractivity contribution in [1.82, 2.24) is 29.7 Å². The zero-order valence-corrected chi connectivity index (χ0v) is 16.9. The molecule has 0 spiro atoms. The Labute approximate surface area is 173 Å². The molecule has 3 heterocycles. The molecule has 1 aliphatic carbocycles. The number of hydrogen-bond donors (Lipinski definition) is 4. The lowest BCUT2D eigenvalue weighted by atomic mass is 9.91. The summed E-state index contributed by atoms with van der Waals surface area (Å²) in [5, 5.41) is 17.1. The fourth-order valence-electron chi connectivity index (χ4n) is 3.70. The monoisotopic (exact) mass is 411 g/mol. The van der Waals surface area contributed by atoms with Crippen molar-refractivity contribution in [3.8, 4) is 0 Å². The van der Waals surface area contributed by atoms with Crippen LogP contribution < -0.4 is 21.7 Å². The van der Waals surface area contributed by atoms with Gasteiger partial charge in [0.2, 0.25) is 5.95 Å². The molecule has 11 nitrogen and oxygen atoms in total. The molecule has 0 radical (unpaired) electrons. The van der Waals surface area contributed by atoms with Crippen molar-refractivity contribution in [2.75, 3.05) is 17.7 Å². The SMILES string of the molecule is CNC(=O)c1nn(C)cc1NC(=O)c1ccc2cnc(N[C@@H]3CCCC[C@@H]3N)nn12. The smallest absolute Gasteiger partial charge is 0.274 e. The van der Waals surface area contributed by atoms with E-state index in [0.717, 1.165) is 25.7 Å². The summed E-state index contributed by atoms with van der Waals surface area (Å²) in [4.78, 5) is 29.3. The van der Waals surface area contributed by atoms with E-state index in [4.69, 9.17) is 5.73 Å². The number of carbonyl (C=O) groups excluding carboxylic acids is 2. The maximum atomic E-state index is 12.9. The molecule has 30 heavy (non-hydrogen) atoms. The van der Waals surface area contributed by atoms with Crippen molar-refractivity contribution in [2.45, 2.75) is 37.8 Å². The van der Waals surface area contributed by atoms with Gasteiger partial charge >= 0.3 is 0 Å². The van der Waals surface area contributed by atoms with E-state index in [1.165, 1.54) is 16.2 Å². The summed E-state index contributed by atoms with van der Waals surface area (Å²) in [6.07, 6.45) is 7.41. The first-order valence-corrected chi connectivity index (χ1v) is 9.90. The van der Waals surface area contributed by atoms with E-state index >= 15 is 0 Å². The van der Waals surface area contributed by atoms with Crippen LogP contribution >= 0.6 is 0 Å². The summed E-state index contributed by atoms with van der Waals surface area (Å²) in [6, 6.07) is 3.58. The number of nitrogens with two attached hydrogens (primary N) is 1. The summed E-state index contributed by atoms with van der Waals surface area (Å²) >= 11 is 0. The van der Waals surface area contributed by atoms with Crippen molar-refractivity contribution >= 4 is 29.0 Å². The molecule has 3 aromatic rings. The molecular formula is C19H25N9O2. The number of nitrogens with one attached hydrogen (secondary N) is 3. The number of hydrogen-bond acceptors (Lipinski definition) is 7. The fourth-order valence-corrected chi connectivity index (χ4v) is 3.70. The molecule has 11 heteroatoms. The highest BCUT2D eigenvalue weighted by Crippen LogP contribution is 2.20. The number of amides is 2. The van der Waals surface area contributed by atoms with Gasteiger partial charge in [0.05, 0.1) is 17.4 Å². The van der Waals surface area contributed by atoms with Gasteiger partial charge in [-0.2, -0.15) is 5.10 Å². The van der Waals surface area contributed by atoms with Crippen LogP contribution in [0.3, 0.4) is 0 Å². The molecule has 1 fully saturated rings. The minimum atomic E-state index is -0.410. The largest absolute Gasteiger partial charge is 0.354 e. The van der Waals surface area contributed by atoms with Gasteiger partial charge in [-0.25, -0.2) is 9.50 Å². The standard InChI is InChI=1S/C19H25N9O2/c1-21-18(30)16-14(10-27(2)25-16)23-17(29)15-8-7-11-9-22-19(26-28(11)15)24-13-6-4-3-5-12(13)20/h7-10,12-13H,3-6,20H2,1-2H3,(H,21,30)(H,23,29)(H,24,26)/t12-,13+/m0/s1. The molecule has 0 unspecified atom stereocenters. The van der Waals surface area contributed by atoms with Gasteiger partial charge < -0.3 is 21.7 Å². The number of carbonyl (C=O) groups is 2. The Morgan fingerprint density at radius 1 is 1.17 bits per heavy atom.